The van der Waals surface area contributed by atoms with Crippen LogP contribution in [0.1, 0.15) is 22.8 Å². The van der Waals surface area contributed by atoms with Crippen molar-refractivity contribution in [2.24, 2.45) is 5.10 Å². The summed E-state index contributed by atoms with van der Waals surface area (Å²) >= 11 is 5.41. The number of rotatable bonds is 8. The number of carbonyl (C=O) groups excluding carboxylic acids is 2. The van der Waals surface area contributed by atoms with Crippen LogP contribution in [-0.2, 0) is 4.79 Å². The molecule has 30 heavy (non-hydrogen) atoms. The lowest BCUT2D eigenvalue weighted by atomic mass is 10.2. The molecule has 2 aromatic carbocycles. The van der Waals surface area contributed by atoms with Crippen LogP contribution in [0.25, 0.3) is 0 Å². The largest absolute Gasteiger partial charge is 0.493 e. The van der Waals surface area contributed by atoms with E-state index >= 15 is 0 Å². The van der Waals surface area contributed by atoms with Gasteiger partial charge in [-0.05, 0) is 75.3 Å². The Morgan fingerprint density at radius 1 is 1.37 bits per heavy atom. The number of nitrogens with zero attached hydrogens (tertiary/aromatic N) is 1. The first-order valence-electron chi connectivity index (χ1n) is 8.69. The molecular weight excluding hydrogens is 565 g/mol. The van der Waals surface area contributed by atoms with Crippen LogP contribution in [0.2, 0.25) is 0 Å². The van der Waals surface area contributed by atoms with E-state index in [0.717, 1.165) is 3.57 Å². The van der Waals surface area contributed by atoms with Crippen molar-refractivity contribution >= 4 is 56.5 Å². The molecule has 1 atom stereocenters. The minimum Gasteiger partial charge on any atom is -0.493 e. The number of methoxy groups -OCH3 is 1. The minimum atomic E-state index is -0.782. The Balaban J connectivity index is 2.00. The van der Waals surface area contributed by atoms with E-state index in [1.807, 2.05) is 6.07 Å². The maximum atomic E-state index is 12.3. The topological polar surface area (TPSA) is 89.0 Å². The van der Waals surface area contributed by atoms with Crippen molar-refractivity contribution < 1.29 is 19.1 Å². The third kappa shape index (κ3) is 6.47. The molecule has 0 aromatic heterocycles. The van der Waals surface area contributed by atoms with Crippen LogP contribution < -0.4 is 20.2 Å². The first-order chi connectivity index (χ1) is 14.4. The zero-order valence-corrected chi connectivity index (χ0v) is 20.0. The number of benzene rings is 2. The standard InChI is InChI=1S/C21H19BrIN3O4/c1-4-9-30-19-17(23)10-14(11-18(19)29-3)12-24-26-20(27)13(2)25-21(28)15-7-5-6-8-16(15)22/h1,5-8,10-13H,9H2,2-3H3,(H,25,28)(H,26,27). The molecule has 0 heterocycles. The zero-order chi connectivity index (χ0) is 22.1. The third-order valence-corrected chi connectivity index (χ3v) is 5.29. The fraction of sp³-hybridized carbons (Fsp3) is 0.190. The molecule has 2 aromatic rings. The molecule has 156 valence electrons. The van der Waals surface area contributed by atoms with Crippen molar-refractivity contribution in [3.8, 4) is 23.8 Å². The second kappa shape index (κ2) is 11.6. The fourth-order valence-electron chi connectivity index (χ4n) is 2.32. The van der Waals surface area contributed by atoms with Crippen LogP contribution >= 0.6 is 38.5 Å². The molecule has 2 amide bonds. The first-order valence-corrected chi connectivity index (χ1v) is 10.6. The molecule has 0 saturated carbocycles. The fourth-order valence-corrected chi connectivity index (χ4v) is 3.57. The van der Waals surface area contributed by atoms with E-state index < -0.39 is 11.9 Å². The number of amides is 2. The van der Waals surface area contributed by atoms with Crippen LogP contribution in [-0.4, -0.2) is 37.8 Å². The number of ether oxygens (including phenoxy) is 2. The summed E-state index contributed by atoms with van der Waals surface area (Å²) in [6.45, 7) is 1.70. The Labute approximate surface area is 196 Å². The van der Waals surface area contributed by atoms with E-state index in [-0.39, 0.29) is 12.5 Å². The highest BCUT2D eigenvalue weighted by Gasteiger charge is 2.17. The Bertz CT molecular complexity index is 1000. The van der Waals surface area contributed by atoms with Crippen LogP contribution in [0.4, 0.5) is 0 Å². The Kier molecular flexibility index (Phi) is 9.14. The zero-order valence-electron chi connectivity index (χ0n) is 16.2. The summed E-state index contributed by atoms with van der Waals surface area (Å²) in [7, 11) is 1.52. The predicted octanol–water partition coefficient (Wildman–Crippen LogP) is 3.34. The lowest BCUT2D eigenvalue weighted by molar-refractivity contribution is -0.122. The normalized spacial score (nSPS) is 11.4. The molecule has 9 heteroatoms. The smallest absolute Gasteiger partial charge is 0.262 e. The number of hydrogen-bond acceptors (Lipinski definition) is 5. The Morgan fingerprint density at radius 2 is 2.10 bits per heavy atom. The number of carbonyl (C=O) groups is 2. The molecule has 0 aliphatic rings. The van der Waals surface area contributed by atoms with Gasteiger partial charge in [-0.3, -0.25) is 9.59 Å². The quantitative estimate of drug-likeness (QED) is 0.216. The molecule has 0 fully saturated rings. The van der Waals surface area contributed by atoms with Crippen molar-refractivity contribution in [1.29, 1.82) is 0 Å². The van der Waals surface area contributed by atoms with Gasteiger partial charge in [-0.25, -0.2) is 5.43 Å². The molecule has 1 unspecified atom stereocenters. The SMILES string of the molecule is C#CCOc1c(I)cc(C=NNC(=O)C(C)NC(=O)c2ccccc2Br)cc1OC. The van der Waals surface area contributed by atoms with E-state index in [2.05, 4.69) is 60.3 Å². The Morgan fingerprint density at radius 3 is 2.77 bits per heavy atom. The average molecular weight is 584 g/mol. The highest BCUT2D eigenvalue weighted by atomic mass is 127. The summed E-state index contributed by atoms with van der Waals surface area (Å²) < 4.78 is 12.2. The van der Waals surface area contributed by atoms with Gasteiger partial charge in [0.2, 0.25) is 0 Å². The van der Waals surface area contributed by atoms with Gasteiger partial charge in [-0.1, -0.05) is 18.1 Å². The van der Waals surface area contributed by atoms with Crippen molar-refractivity contribution in [2.75, 3.05) is 13.7 Å². The van der Waals surface area contributed by atoms with Crippen LogP contribution in [0.5, 0.6) is 11.5 Å². The first kappa shape index (κ1) is 23.7. The van der Waals surface area contributed by atoms with Crippen molar-refractivity contribution in [3.05, 3.63) is 55.6 Å². The van der Waals surface area contributed by atoms with Gasteiger partial charge < -0.3 is 14.8 Å². The van der Waals surface area contributed by atoms with Gasteiger partial charge in [0.25, 0.3) is 11.8 Å². The van der Waals surface area contributed by atoms with Gasteiger partial charge in [0.05, 0.1) is 22.5 Å². The summed E-state index contributed by atoms with van der Waals surface area (Å²) in [5.41, 5.74) is 3.54. The molecule has 2 N–H and O–H groups in total. The molecule has 0 radical (unpaired) electrons. The van der Waals surface area contributed by atoms with Crippen LogP contribution in [0.3, 0.4) is 0 Å². The summed E-state index contributed by atoms with van der Waals surface area (Å²) in [4.78, 5) is 24.5. The molecule has 0 aliphatic heterocycles. The number of nitrogens with one attached hydrogen (secondary N) is 2. The summed E-state index contributed by atoms with van der Waals surface area (Å²) in [5.74, 6) is 2.63. The van der Waals surface area contributed by atoms with E-state index in [0.29, 0.717) is 27.1 Å². The van der Waals surface area contributed by atoms with Crippen molar-refractivity contribution in [2.45, 2.75) is 13.0 Å². The second-order valence-corrected chi connectivity index (χ2v) is 7.95. The van der Waals surface area contributed by atoms with Gasteiger partial charge >= 0.3 is 0 Å². The number of hydrogen-bond donors (Lipinski definition) is 2. The lowest BCUT2D eigenvalue weighted by Crippen LogP contribution is -2.43. The molecule has 0 saturated heterocycles. The van der Waals surface area contributed by atoms with Crippen molar-refractivity contribution in [3.63, 3.8) is 0 Å². The number of hydrazone groups is 1. The van der Waals surface area contributed by atoms with E-state index in [9.17, 15) is 9.59 Å². The van der Waals surface area contributed by atoms with Gasteiger partial charge in [-0.15, -0.1) is 6.42 Å². The van der Waals surface area contributed by atoms with Crippen LogP contribution in [0.15, 0.2) is 46.0 Å². The Hall–Kier alpha value is -2.58. The molecule has 7 nitrogen and oxygen atoms in total. The van der Waals surface area contributed by atoms with E-state index in [4.69, 9.17) is 15.9 Å². The average Bonchev–Trinajstić information content (AvgIpc) is 2.72. The minimum absolute atomic E-state index is 0.124. The lowest BCUT2D eigenvalue weighted by Gasteiger charge is -2.13. The molecule has 0 bridgehead atoms. The van der Waals surface area contributed by atoms with E-state index in [1.54, 1.807) is 37.3 Å². The number of halogens is 2. The summed E-state index contributed by atoms with van der Waals surface area (Å²) in [5, 5.41) is 6.58. The molecular formula is C21H19BrIN3O4. The molecule has 0 spiro atoms. The molecule has 0 aliphatic carbocycles. The monoisotopic (exact) mass is 583 g/mol. The number of terminal acetylenes is 1. The van der Waals surface area contributed by atoms with Gasteiger partial charge in [0.15, 0.2) is 11.5 Å². The van der Waals surface area contributed by atoms with E-state index in [1.165, 1.54) is 13.3 Å². The van der Waals surface area contributed by atoms with Crippen LogP contribution in [0, 0.1) is 15.9 Å². The summed E-state index contributed by atoms with van der Waals surface area (Å²) in [6, 6.07) is 9.69. The van der Waals surface area contributed by atoms with Gasteiger partial charge in [0, 0.05) is 4.47 Å². The maximum absolute atomic E-state index is 12.3. The van der Waals surface area contributed by atoms with Gasteiger partial charge in [-0.2, -0.15) is 5.10 Å². The summed E-state index contributed by atoms with van der Waals surface area (Å²) in [6.07, 6.45) is 6.70. The third-order valence-electron chi connectivity index (χ3n) is 3.80. The highest BCUT2D eigenvalue weighted by molar-refractivity contribution is 14.1. The van der Waals surface area contributed by atoms with Crippen molar-refractivity contribution in [1.82, 2.24) is 10.7 Å². The van der Waals surface area contributed by atoms with Gasteiger partial charge in [0.1, 0.15) is 12.6 Å². The predicted molar refractivity (Wildman–Crippen MR) is 127 cm³/mol. The second-order valence-electron chi connectivity index (χ2n) is 5.94. The maximum Gasteiger partial charge on any atom is 0.262 e. The highest BCUT2D eigenvalue weighted by Crippen LogP contribution is 2.33. The molecule has 2 rings (SSSR count).